The largest absolute Gasteiger partial charge is 0.379 e. The predicted octanol–water partition coefficient (Wildman–Crippen LogP) is 4.74. The quantitative estimate of drug-likeness (QED) is 0.542. The number of nitrogens with zero attached hydrogens (tertiary/aromatic N) is 4. The van der Waals surface area contributed by atoms with Gasteiger partial charge < -0.3 is 19.1 Å². The minimum Gasteiger partial charge on any atom is -0.379 e. The number of ether oxygens (including phenoxy) is 1. The molecule has 3 aliphatic rings. The third-order valence-corrected chi connectivity index (χ3v) is 8.19. The van der Waals surface area contributed by atoms with Gasteiger partial charge in [-0.2, -0.15) is 0 Å². The molecule has 5 rings (SSSR count). The Morgan fingerprint density at radius 3 is 2.45 bits per heavy atom. The second kappa shape index (κ2) is 12.9. The van der Waals surface area contributed by atoms with Gasteiger partial charge in [0.15, 0.2) is 5.69 Å². The van der Waals surface area contributed by atoms with Crippen LogP contribution >= 0.6 is 0 Å². The molecular formula is C30H42N4O4. The second-order valence-corrected chi connectivity index (χ2v) is 11.0. The molecule has 0 spiro atoms. The van der Waals surface area contributed by atoms with Gasteiger partial charge in [-0.3, -0.25) is 14.5 Å². The van der Waals surface area contributed by atoms with Crippen molar-refractivity contribution in [2.75, 3.05) is 44.3 Å². The second-order valence-electron chi connectivity index (χ2n) is 11.0. The van der Waals surface area contributed by atoms with E-state index in [4.69, 9.17) is 9.26 Å². The van der Waals surface area contributed by atoms with Gasteiger partial charge in [-0.15, -0.1) is 0 Å². The van der Waals surface area contributed by atoms with E-state index in [1.165, 1.54) is 5.56 Å². The van der Waals surface area contributed by atoms with Gasteiger partial charge in [0.25, 0.3) is 5.91 Å². The summed E-state index contributed by atoms with van der Waals surface area (Å²) >= 11 is 0. The molecule has 0 radical (unpaired) electrons. The predicted molar refractivity (Wildman–Crippen MR) is 146 cm³/mol. The van der Waals surface area contributed by atoms with Crippen LogP contribution in [0.25, 0.3) is 0 Å². The number of amides is 2. The van der Waals surface area contributed by atoms with Crippen molar-refractivity contribution in [3.63, 3.8) is 0 Å². The van der Waals surface area contributed by atoms with E-state index in [0.29, 0.717) is 25.3 Å². The number of carbonyl (C=O) groups excluding carboxylic acids is 2. The minimum absolute atomic E-state index is 0.0477. The SMILES string of the molecule is CC(=O)N1CCCCCCCN(C(=O)c2noc3c2CCCCC3)Cc2ccc(CN3CCOCC3)cc21. The molecule has 1 aliphatic carbocycles. The summed E-state index contributed by atoms with van der Waals surface area (Å²) in [5.41, 5.74) is 4.62. The highest BCUT2D eigenvalue weighted by molar-refractivity contribution is 5.95. The van der Waals surface area contributed by atoms with Crippen LogP contribution in [0.2, 0.25) is 0 Å². The van der Waals surface area contributed by atoms with E-state index in [-0.39, 0.29) is 11.8 Å². The fourth-order valence-electron chi connectivity index (χ4n) is 6.00. The normalized spacial score (nSPS) is 20.0. The molecule has 3 heterocycles. The summed E-state index contributed by atoms with van der Waals surface area (Å²) in [6.07, 6.45) is 10.2. The molecule has 0 N–H and O–H groups in total. The van der Waals surface area contributed by atoms with Crippen molar-refractivity contribution < 1.29 is 18.8 Å². The number of carbonyl (C=O) groups is 2. The molecular weight excluding hydrogens is 480 g/mol. The Bertz CT molecular complexity index is 1110. The first-order valence-corrected chi connectivity index (χ1v) is 14.6. The van der Waals surface area contributed by atoms with Gasteiger partial charge in [0.1, 0.15) is 5.76 Å². The van der Waals surface area contributed by atoms with Crippen LogP contribution in [0.3, 0.4) is 0 Å². The van der Waals surface area contributed by atoms with Crippen LogP contribution < -0.4 is 4.90 Å². The standard InChI is InChI=1S/C30H42N4O4/c1-23(35)34-15-9-4-2-3-8-14-33(30(36)29-26-10-6-5-7-11-28(26)38-31-29)22-25-13-12-24(20-27(25)34)21-32-16-18-37-19-17-32/h12-13,20H,2-11,14-19,21-22H2,1H3. The molecule has 1 fully saturated rings. The fourth-order valence-corrected chi connectivity index (χ4v) is 6.00. The summed E-state index contributed by atoms with van der Waals surface area (Å²) in [7, 11) is 0. The van der Waals surface area contributed by atoms with Crippen LogP contribution in [0.4, 0.5) is 5.69 Å². The summed E-state index contributed by atoms with van der Waals surface area (Å²) in [6.45, 7) is 7.66. The first-order chi connectivity index (χ1) is 18.6. The number of aromatic nitrogens is 1. The Morgan fingerprint density at radius 1 is 0.895 bits per heavy atom. The highest BCUT2D eigenvalue weighted by Gasteiger charge is 2.28. The van der Waals surface area contributed by atoms with Gasteiger partial charge >= 0.3 is 0 Å². The lowest BCUT2D eigenvalue weighted by Gasteiger charge is -2.30. The Labute approximate surface area is 226 Å². The van der Waals surface area contributed by atoms with E-state index < -0.39 is 0 Å². The molecule has 0 saturated carbocycles. The highest BCUT2D eigenvalue weighted by atomic mass is 16.5. The van der Waals surface area contributed by atoms with Crippen LogP contribution in [-0.4, -0.2) is 66.2 Å². The number of anilines is 1. The molecule has 0 bridgehead atoms. The van der Waals surface area contributed by atoms with E-state index in [1.807, 2.05) is 9.80 Å². The van der Waals surface area contributed by atoms with E-state index >= 15 is 0 Å². The molecule has 0 unspecified atom stereocenters. The summed E-state index contributed by atoms with van der Waals surface area (Å²) in [6, 6.07) is 6.45. The number of rotatable bonds is 3. The van der Waals surface area contributed by atoms with Gasteiger partial charge in [-0.05, 0) is 49.3 Å². The van der Waals surface area contributed by atoms with Crippen LogP contribution in [-0.2, 0) is 35.5 Å². The minimum atomic E-state index is -0.0494. The zero-order valence-corrected chi connectivity index (χ0v) is 22.9. The van der Waals surface area contributed by atoms with Gasteiger partial charge in [0.05, 0.1) is 13.2 Å². The molecule has 8 heteroatoms. The third kappa shape index (κ3) is 6.46. The van der Waals surface area contributed by atoms with Crippen molar-refractivity contribution in [1.82, 2.24) is 15.0 Å². The van der Waals surface area contributed by atoms with Crippen molar-refractivity contribution in [2.45, 2.75) is 84.2 Å². The molecule has 0 atom stereocenters. The number of aryl methyl sites for hydroxylation is 1. The number of morpholine rings is 1. The maximum absolute atomic E-state index is 13.9. The number of benzene rings is 1. The molecule has 1 aromatic heterocycles. The fraction of sp³-hybridized carbons (Fsp3) is 0.633. The molecule has 38 heavy (non-hydrogen) atoms. The summed E-state index contributed by atoms with van der Waals surface area (Å²) in [4.78, 5) is 33.0. The average molecular weight is 523 g/mol. The molecule has 2 aromatic rings. The Hall–Kier alpha value is -2.71. The first kappa shape index (κ1) is 26.9. The monoisotopic (exact) mass is 522 g/mol. The van der Waals surface area contributed by atoms with Gasteiger partial charge in [0, 0.05) is 63.9 Å². The lowest BCUT2D eigenvalue weighted by atomic mass is 10.0. The average Bonchev–Trinajstić information content (AvgIpc) is 3.17. The number of hydrogen-bond acceptors (Lipinski definition) is 6. The first-order valence-electron chi connectivity index (χ1n) is 14.6. The molecule has 8 nitrogen and oxygen atoms in total. The van der Waals surface area contributed by atoms with E-state index in [9.17, 15) is 9.59 Å². The maximum atomic E-state index is 13.9. The zero-order valence-electron chi connectivity index (χ0n) is 22.9. The molecule has 1 aromatic carbocycles. The summed E-state index contributed by atoms with van der Waals surface area (Å²) < 4.78 is 11.2. The van der Waals surface area contributed by atoms with Crippen LogP contribution in [0.1, 0.15) is 91.2 Å². The lowest BCUT2D eigenvalue weighted by molar-refractivity contribution is -0.116. The number of fused-ring (bicyclic) bond motifs is 2. The Kier molecular flexibility index (Phi) is 9.12. The van der Waals surface area contributed by atoms with Crippen LogP contribution in [0.5, 0.6) is 0 Å². The molecule has 1 saturated heterocycles. The van der Waals surface area contributed by atoms with Gasteiger partial charge in [-0.25, -0.2) is 0 Å². The van der Waals surface area contributed by atoms with E-state index in [2.05, 4.69) is 28.3 Å². The van der Waals surface area contributed by atoms with Crippen molar-refractivity contribution in [2.24, 2.45) is 0 Å². The molecule has 2 amide bonds. The van der Waals surface area contributed by atoms with Gasteiger partial charge in [-0.1, -0.05) is 43.0 Å². The van der Waals surface area contributed by atoms with Gasteiger partial charge in [0.2, 0.25) is 5.91 Å². The molecule has 2 aliphatic heterocycles. The van der Waals surface area contributed by atoms with Crippen molar-refractivity contribution in [3.8, 4) is 0 Å². The smallest absolute Gasteiger partial charge is 0.276 e. The lowest BCUT2D eigenvalue weighted by Crippen LogP contribution is -2.36. The number of hydrogen-bond donors (Lipinski definition) is 0. The zero-order chi connectivity index (χ0) is 26.3. The topological polar surface area (TPSA) is 79.1 Å². The summed E-state index contributed by atoms with van der Waals surface area (Å²) in [5.74, 6) is 0.884. The van der Waals surface area contributed by atoms with Crippen molar-refractivity contribution in [3.05, 3.63) is 46.3 Å². The van der Waals surface area contributed by atoms with Crippen LogP contribution in [0.15, 0.2) is 22.7 Å². The third-order valence-electron chi connectivity index (χ3n) is 8.19. The highest BCUT2D eigenvalue weighted by Crippen LogP contribution is 2.29. The Balaban J connectivity index is 1.46. The Morgan fingerprint density at radius 2 is 1.63 bits per heavy atom. The van der Waals surface area contributed by atoms with Crippen molar-refractivity contribution in [1.29, 1.82) is 0 Å². The van der Waals surface area contributed by atoms with E-state index in [0.717, 1.165) is 120 Å². The molecule has 206 valence electrons. The summed E-state index contributed by atoms with van der Waals surface area (Å²) in [5, 5.41) is 4.28. The van der Waals surface area contributed by atoms with Crippen LogP contribution in [0, 0.1) is 0 Å². The maximum Gasteiger partial charge on any atom is 0.276 e. The van der Waals surface area contributed by atoms with E-state index in [1.54, 1.807) is 6.92 Å². The van der Waals surface area contributed by atoms with Crippen molar-refractivity contribution >= 4 is 17.5 Å².